The molecule has 3 aromatic carbocycles. The Bertz CT molecular complexity index is 1550. The van der Waals surface area contributed by atoms with Crippen molar-refractivity contribution in [3.63, 3.8) is 0 Å². The molecule has 0 N–H and O–H groups in total. The number of aryl methyl sites for hydroxylation is 2. The lowest BCUT2D eigenvalue weighted by Crippen LogP contribution is -2.29. The third-order valence-corrected chi connectivity index (χ3v) is 6.24. The van der Waals surface area contributed by atoms with Gasteiger partial charge in [-0.2, -0.15) is 0 Å². The van der Waals surface area contributed by atoms with Crippen molar-refractivity contribution in [1.82, 2.24) is 4.40 Å². The van der Waals surface area contributed by atoms with E-state index < -0.39 is 0 Å². The molecule has 3 heterocycles. The molecule has 0 aliphatic rings. The largest absolute Gasteiger partial charge is 0.376 e. The molecule has 28 heavy (non-hydrogen) atoms. The van der Waals surface area contributed by atoms with E-state index in [1.54, 1.807) is 0 Å². The van der Waals surface area contributed by atoms with E-state index in [1.807, 2.05) is 0 Å². The zero-order valence-corrected chi connectivity index (χ0v) is 16.6. The number of hydrogen-bond acceptors (Lipinski definition) is 1. The maximum Gasteiger partial charge on any atom is 0.224 e. The highest BCUT2D eigenvalue weighted by Gasteiger charge is 2.25. The summed E-state index contributed by atoms with van der Waals surface area (Å²) in [6, 6.07) is 20.1. The summed E-state index contributed by atoms with van der Waals surface area (Å²) >= 11 is 0. The number of aromatic nitrogens is 2. The molecule has 3 aromatic heterocycles. The Morgan fingerprint density at radius 2 is 1.64 bits per heavy atom. The molecule has 0 saturated carbocycles. The number of pyridine rings is 2. The number of benzene rings is 3. The highest BCUT2D eigenvalue weighted by molar-refractivity contribution is 6.27. The predicted molar refractivity (Wildman–Crippen MR) is 119 cm³/mol. The van der Waals surface area contributed by atoms with Crippen molar-refractivity contribution < 1.29 is 4.57 Å². The number of hydrogen-bond donors (Lipinski definition) is 0. The topological polar surface area (TPSA) is 11.5 Å². The van der Waals surface area contributed by atoms with E-state index in [0.29, 0.717) is 0 Å². The molecule has 6 rings (SSSR count). The Labute approximate surface area is 163 Å². The fraction of sp³-hybridized carbons (Fsp3) is 0.160. The van der Waals surface area contributed by atoms with Crippen LogP contribution < -0.4 is 9.47 Å². The van der Waals surface area contributed by atoms with Gasteiger partial charge < -0.3 is 9.30 Å². The zero-order chi connectivity index (χ0) is 19.2. The van der Waals surface area contributed by atoms with Gasteiger partial charge in [0, 0.05) is 30.9 Å². The van der Waals surface area contributed by atoms with Crippen molar-refractivity contribution in [2.45, 2.75) is 6.92 Å². The second kappa shape index (κ2) is 5.14. The molecule has 0 bridgehead atoms. The number of para-hydroxylation sites is 1. The molecule has 0 aliphatic heterocycles. The van der Waals surface area contributed by atoms with Crippen LogP contribution in [0.4, 0.5) is 5.69 Å². The molecule has 0 radical (unpaired) electrons. The minimum absolute atomic E-state index is 1.25. The molecule has 3 heteroatoms. The first-order valence-corrected chi connectivity index (χ1v) is 9.74. The van der Waals surface area contributed by atoms with Crippen LogP contribution in [0.2, 0.25) is 0 Å². The monoisotopic (exact) mass is 364 g/mol. The molecule has 0 aliphatic carbocycles. The fourth-order valence-corrected chi connectivity index (χ4v) is 5.00. The lowest BCUT2D eigenvalue weighted by atomic mass is 9.99. The molecule has 3 nitrogen and oxygen atoms in total. The standard InChI is InChI=1S/C25H22N3/c1-15-9-11-18-17-7-5-6-8-19(17)28-23(18)21(15)25-22-16(13-14-27(25)4)10-12-20(24(22)28)26(2)3/h5-14H,1-4H3/q+1. The zero-order valence-electron chi connectivity index (χ0n) is 16.6. The normalized spacial score (nSPS) is 12.3. The number of fused-ring (bicyclic) bond motifs is 5. The van der Waals surface area contributed by atoms with E-state index in [1.165, 1.54) is 60.2 Å². The minimum Gasteiger partial charge on any atom is -0.376 e. The molecule has 6 aromatic rings. The van der Waals surface area contributed by atoms with Crippen LogP contribution >= 0.6 is 0 Å². The van der Waals surface area contributed by atoms with Gasteiger partial charge in [0.2, 0.25) is 5.52 Å². The maximum absolute atomic E-state index is 2.50. The highest BCUT2D eigenvalue weighted by atomic mass is 15.1. The van der Waals surface area contributed by atoms with Crippen molar-refractivity contribution in [3.8, 4) is 0 Å². The molecular formula is C25H22N3+. The van der Waals surface area contributed by atoms with Gasteiger partial charge in [-0.25, -0.2) is 4.57 Å². The second-order valence-electron chi connectivity index (χ2n) is 8.07. The third-order valence-electron chi connectivity index (χ3n) is 6.24. The number of anilines is 1. The van der Waals surface area contributed by atoms with Gasteiger partial charge >= 0.3 is 0 Å². The lowest BCUT2D eigenvalue weighted by molar-refractivity contribution is -0.643. The molecule has 0 unspecified atom stereocenters. The Morgan fingerprint density at radius 1 is 0.821 bits per heavy atom. The Hall–Kier alpha value is -3.33. The van der Waals surface area contributed by atoms with Crippen molar-refractivity contribution in [3.05, 3.63) is 66.4 Å². The van der Waals surface area contributed by atoms with Crippen LogP contribution in [0.1, 0.15) is 5.56 Å². The number of rotatable bonds is 1. The molecule has 136 valence electrons. The summed E-state index contributed by atoms with van der Waals surface area (Å²) in [5.74, 6) is 0. The average molecular weight is 364 g/mol. The van der Waals surface area contributed by atoms with Gasteiger partial charge in [-0.05, 0) is 30.0 Å². The minimum atomic E-state index is 1.25. The molecule has 0 fully saturated rings. The van der Waals surface area contributed by atoms with Gasteiger partial charge in [0.25, 0.3) is 0 Å². The van der Waals surface area contributed by atoms with Gasteiger partial charge in [0.15, 0.2) is 6.20 Å². The predicted octanol–water partition coefficient (Wildman–Crippen LogP) is 5.19. The fourth-order valence-electron chi connectivity index (χ4n) is 5.00. The lowest BCUT2D eigenvalue weighted by Gasteiger charge is -2.19. The van der Waals surface area contributed by atoms with Crippen molar-refractivity contribution in [2.24, 2.45) is 7.05 Å². The molecule has 0 atom stereocenters. The molecule has 0 saturated heterocycles. The van der Waals surface area contributed by atoms with Gasteiger partial charge in [-0.1, -0.05) is 36.4 Å². The summed E-state index contributed by atoms with van der Waals surface area (Å²) in [5.41, 5.74) is 7.77. The van der Waals surface area contributed by atoms with Crippen molar-refractivity contribution >= 4 is 54.7 Å². The maximum atomic E-state index is 2.50. The summed E-state index contributed by atoms with van der Waals surface area (Å²) in [7, 11) is 6.43. The van der Waals surface area contributed by atoms with Crippen molar-refractivity contribution in [2.75, 3.05) is 19.0 Å². The van der Waals surface area contributed by atoms with Crippen LogP contribution in [0.5, 0.6) is 0 Å². The van der Waals surface area contributed by atoms with Crippen LogP contribution in [0.15, 0.2) is 60.8 Å². The SMILES string of the molecule is Cc1ccc2c3ccccc3n3c4c(N(C)C)ccc5cc[n+](C)c(c1c23)c54. The summed E-state index contributed by atoms with van der Waals surface area (Å²) in [4.78, 5) is 2.23. The second-order valence-corrected chi connectivity index (χ2v) is 8.07. The van der Waals surface area contributed by atoms with Crippen LogP contribution in [-0.2, 0) is 7.05 Å². The van der Waals surface area contributed by atoms with Crippen LogP contribution in [0.25, 0.3) is 49.0 Å². The van der Waals surface area contributed by atoms with Gasteiger partial charge in [-0.15, -0.1) is 0 Å². The number of nitrogens with zero attached hydrogens (tertiary/aromatic N) is 3. The first-order valence-electron chi connectivity index (χ1n) is 9.74. The van der Waals surface area contributed by atoms with Gasteiger partial charge in [0.05, 0.1) is 33.0 Å². The average Bonchev–Trinajstić information content (AvgIpc) is 3.03. The Kier molecular flexibility index (Phi) is 2.88. The van der Waals surface area contributed by atoms with E-state index in [-0.39, 0.29) is 0 Å². The quantitative estimate of drug-likeness (QED) is 0.222. The molecule has 0 amide bonds. The molecule has 0 spiro atoms. The van der Waals surface area contributed by atoms with E-state index in [0.717, 1.165) is 0 Å². The highest BCUT2D eigenvalue weighted by Crippen LogP contribution is 2.42. The first-order chi connectivity index (χ1) is 13.6. The van der Waals surface area contributed by atoms with Gasteiger partial charge in [-0.3, -0.25) is 0 Å². The third kappa shape index (κ3) is 1.72. The summed E-state index contributed by atoms with van der Waals surface area (Å²) in [6.07, 6.45) is 2.19. The van der Waals surface area contributed by atoms with E-state index in [4.69, 9.17) is 0 Å². The summed E-state index contributed by atoms with van der Waals surface area (Å²) in [5, 5.41) is 6.61. The Morgan fingerprint density at radius 3 is 2.46 bits per heavy atom. The van der Waals surface area contributed by atoms with Crippen LogP contribution in [-0.4, -0.2) is 18.5 Å². The van der Waals surface area contributed by atoms with E-state index in [9.17, 15) is 0 Å². The van der Waals surface area contributed by atoms with Crippen LogP contribution in [0, 0.1) is 6.92 Å². The van der Waals surface area contributed by atoms with Crippen LogP contribution in [0.3, 0.4) is 0 Å². The summed E-state index contributed by atoms with van der Waals surface area (Å²) in [6.45, 7) is 2.23. The summed E-state index contributed by atoms with van der Waals surface area (Å²) < 4.78 is 4.78. The van der Waals surface area contributed by atoms with E-state index in [2.05, 4.69) is 103 Å². The Balaban J connectivity index is 2.15. The smallest absolute Gasteiger partial charge is 0.224 e. The first kappa shape index (κ1) is 15.7. The van der Waals surface area contributed by atoms with Gasteiger partial charge in [0.1, 0.15) is 7.05 Å². The van der Waals surface area contributed by atoms with Crippen molar-refractivity contribution in [1.29, 1.82) is 0 Å². The molecular weight excluding hydrogens is 342 g/mol. The van der Waals surface area contributed by atoms with E-state index >= 15 is 0 Å².